The molecule has 4 heteroatoms. The van der Waals surface area contributed by atoms with Crippen LogP contribution in [0.25, 0.3) is 11.3 Å². The van der Waals surface area contributed by atoms with Gasteiger partial charge in [0.25, 0.3) is 0 Å². The average Bonchev–Trinajstić information content (AvgIpc) is 2.65. The minimum absolute atomic E-state index is 0.151. The Labute approximate surface area is 104 Å². The summed E-state index contributed by atoms with van der Waals surface area (Å²) < 4.78 is 0. The van der Waals surface area contributed by atoms with E-state index in [4.69, 9.17) is 17.3 Å². The Kier molecular flexibility index (Phi) is 3.59. The van der Waals surface area contributed by atoms with Gasteiger partial charge >= 0.3 is 0 Å². The minimum Gasteiger partial charge on any atom is -0.328 e. The molecule has 1 atom stereocenters. The Morgan fingerprint density at radius 2 is 2.31 bits per heavy atom. The maximum absolute atomic E-state index is 5.94. The molecule has 2 rings (SSSR count). The zero-order valence-corrected chi connectivity index (χ0v) is 10.6. The highest BCUT2D eigenvalue weighted by atomic mass is 35.5. The number of halogens is 1. The lowest BCUT2D eigenvalue weighted by Gasteiger charge is -2.00. The van der Waals surface area contributed by atoms with Gasteiger partial charge in [0.15, 0.2) is 0 Å². The van der Waals surface area contributed by atoms with Crippen LogP contribution >= 0.6 is 22.9 Å². The third kappa shape index (κ3) is 2.82. The SMILES string of the molecule is CC(N)Cc1nc(-c2cccc(Cl)c2)cs1. The van der Waals surface area contributed by atoms with E-state index in [1.165, 1.54) is 0 Å². The quantitative estimate of drug-likeness (QED) is 0.910. The van der Waals surface area contributed by atoms with E-state index in [9.17, 15) is 0 Å². The molecule has 16 heavy (non-hydrogen) atoms. The monoisotopic (exact) mass is 252 g/mol. The molecule has 0 bridgehead atoms. The Bertz CT molecular complexity index is 479. The molecule has 1 aromatic carbocycles. The second-order valence-electron chi connectivity index (χ2n) is 3.82. The second-order valence-corrected chi connectivity index (χ2v) is 5.20. The molecule has 0 aliphatic rings. The van der Waals surface area contributed by atoms with Gasteiger partial charge in [-0.25, -0.2) is 4.98 Å². The van der Waals surface area contributed by atoms with E-state index in [1.54, 1.807) is 11.3 Å². The fourth-order valence-corrected chi connectivity index (χ4v) is 2.60. The largest absolute Gasteiger partial charge is 0.328 e. The molecule has 0 saturated carbocycles. The number of hydrogen-bond donors (Lipinski definition) is 1. The Hall–Kier alpha value is -0.900. The van der Waals surface area contributed by atoms with Crippen LogP contribution in [0.4, 0.5) is 0 Å². The first-order chi connectivity index (χ1) is 7.65. The van der Waals surface area contributed by atoms with Crippen LogP contribution in [-0.4, -0.2) is 11.0 Å². The van der Waals surface area contributed by atoms with Gasteiger partial charge in [-0.05, 0) is 19.1 Å². The first-order valence-electron chi connectivity index (χ1n) is 5.11. The number of aromatic nitrogens is 1. The average molecular weight is 253 g/mol. The molecule has 0 aliphatic carbocycles. The second kappa shape index (κ2) is 4.95. The summed E-state index contributed by atoms with van der Waals surface area (Å²) in [5.41, 5.74) is 7.77. The van der Waals surface area contributed by atoms with E-state index in [-0.39, 0.29) is 6.04 Å². The fourth-order valence-electron chi connectivity index (χ4n) is 1.46. The standard InChI is InChI=1S/C12H13ClN2S/c1-8(14)5-12-15-11(7-16-12)9-3-2-4-10(13)6-9/h2-4,6-8H,5,14H2,1H3. The molecular formula is C12H13ClN2S. The highest BCUT2D eigenvalue weighted by Gasteiger charge is 2.06. The van der Waals surface area contributed by atoms with Crippen molar-refractivity contribution in [3.8, 4) is 11.3 Å². The van der Waals surface area contributed by atoms with Gasteiger partial charge in [0.1, 0.15) is 0 Å². The van der Waals surface area contributed by atoms with Gasteiger partial charge in [-0.2, -0.15) is 0 Å². The molecule has 0 spiro atoms. The van der Waals surface area contributed by atoms with Crippen LogP contribution in [0.5, 0.6) is 0 Å². The van der Waals surface area contributed by atoms with Crippen LogP contribution in [0.2, 0.25) is 5.02 Å². The third-order valence-electron chi connectivity index (χ3n) is 2.17. The molecule has 0 radical (unpaired) electrons. The molecule has 0 saturated heterocycles. The van der Waals surface area contributed by atoms with Crippen LogP contribution in [-0.2, 0) is 6.42 Å². The van der Waals surface area contributed by atoms with Crippen molar-refractivity contribution in [2.24, 2.45) is 5.73 Å². The molecule has 2 nitrogen and oxygen atoms in total. The predicted molar refractivity (Wildman–Crippen MR) is 69.9 cm³/mol. The third-order valence-corrected chi connectivity index (χ3v) is 3.27. The Balaban J connectivity index is 2.24. The van der Waals surface area contributed by atoms with Crippen LogP contribution in [0.3, 0.4) is 0 Å². The maximum Gasteiger partial charge on any atom is 0.0947 e. The zero-order chi connectivity index (χ0) is 11.5. The first kappa shape index (κ1) is 11.6. The number of nitrogens with two attached hydrogens (primary N) is 1. The number of nitrogens with zero attached hydrogens (tertiary/aromatic N) is 1. The molecule has 0 fully saturated rings. The van der Waals surface area contributed by atoms with Gasteiger partial charge in [0.2, 0.25) is 0 Å². The molecule has 84 valence electrons. The van der Waals surface area contributed by atoms with Gasteiger partial charge in [-0.3, -0.25) is 0 Å². The van der Waals surface area contributed by atoms with Crippen molar-refractivity contribution < 1.29 is 0 Å². The van der Waals surface area contributed by atoms with E-state index >= 15 is 0 Å². The molecule has 2 aromatic rings. The van der Waals surface area contributed by atoms with Crippen molar-refractivity contribution in [1.82, 2.24) is 4.98 Å². The summed E-state index contributed by atoms with van der Waals surface area (Å²) in [5.74, 6) is 0. The predicted octanol–water partition coefficient (Wildman–Crippen LogP) is 3.35. The Morgan fingerprint density at radius 3 is 3.00 bits per heavy atom. The van der Waals surface area contributed by atoms with Gasteiger partial charge in [-0.15, -0.1) is 11.3 Å². The summed E-state index contributed by atoms with van der Waals surface area (Å²) >= 11 is 7.59. The molecular weight excluding hydrogens is 240 g/mol. The van der Waals surface area contributed by atoms with Crippen molar-refractivity contribution in [1.29, 1.82) is 0 Å². The number of hydrogen-bond acceptors (Lipinski definition) is 3. The molecule has 2 N–H and O–H groups in total. The van der Waals surface area contributed by atoms with Crippen LogP contribution in [0.15, 0.2) is 29.6 Å². The normalized spacial score (nSPS) is 12.7. The number of thiazole rings is 1. The lowest BCUT2D eigenvalue weighted by Crippen LogP contribution is -2.17. The van der Waals surface area contributed by atoms with E-state index in [0.29, 0.717) is 0 Å². The van der Waals surface area contributed by atoms with E-state index in [1.807, 2.05) is 36.6 Å². The smallest absolute Gasteiger partial charge is 0.0947 e. The fraction of sp³-hybridized carbons (Fsp3) is 0.250. The lowest BCUT2D eigenvalue weighted by atomic mass is 10.2. The van der Waals surface area contributed by atoms with E-state index < -0.39 is 0 Å². The summed E-state index contributed by atoms with van der Waals surface area (Å²) in [4.78, 5) is 4.54. The van der Waals surface area contributed by atoms with Gasteiger partial charge in [-0.1, -0.05) is 23.7 Å². The van der Waals surface area contributed by atoms with Crippen LogP contribution in [0.1, 0.15) is 11.9 Å². The topological polar surface area (TPSA) is 38.9 Å². The van der Waals surface area contributed by atoms with Crippen LogP contribution < -0.4 is 5.73 Å². The highest BCUT2D eigenvalue weighted by Crippen LogP contribution is 2.24. The van der Waals surface area contributed by atoms with Crippen molar-refractivity contribution in [2.45, 2.75) is 19.4 Å². The molecule has 1 unspecified atom stereocenters. The summed E-state index contributed by atoms with van der Waals surface area (Å²) in [7, 11) is 0. The van der Waals surface area contributed by atoms with Gasteiger partial charge in [0, 0.05) is 28.4 Å². The minimum atomic E-state index is 0.151. The summed E-state index contributed by atoms with van der Waals surface area (Å²) in [6.45, 7) is 1.99. The zero-order valence-electron chi connectivity index (χ0n) is 8.98. The van der Waals surface area contributed by atoms with Gasteiger partial charge < -0.3 is 5.73 Å². The van der Waals surface area contributed by atoms with E-state index in [2.05, 4.69) is 4.98 Å². The Morgan fingerprint density at radius 1 is 1.50 bits per heavy atom. The van der Waals surface area contributed by atoms with E-state index in [0.717, 1.165) is 27.7 Å². The summed E-state index contributed by atoms with van der Waals surface area (Å²) in [6, 6.07) is 7.88. The molecule has 1 aromatic heterocycles. The summed E-state index contributed by atoms with van der Waals surface area (Å²) in [6.07, 6.45) is 0.825. The van der Waals surface area contributed by atoms with Crippen molar-refractivity contribution >= 4 is 22.9 Å². The maximum atomic E-state index is 5.94. The molecule has 0 amide bonds. The molecule has 1 heterocycles. The van der Waals surface area contributed by atoms with Crippen molar-refractivity contribution in [3.05, 3.63) is 39.7 Å². The van der Waals surface area contributed by atoms with Gasteiger partial charge in [0.05, 0.1) is 10.7 Å². The lowest BCUT2D eigenvalue weighted by molar-refractivity contribution is 0.734. The van der Waals surface area contributed by atoms with Crippen molar-refractivity contribution in [2.75, 3.05) is 0 Å². The number of benzene rings is 1. The first-order valence-corrected chi connectivity index (χ1v) is 6.37. The molecule has 0 aliphatic heterocycles. The summed E-state index contributed by atoms with van der Waals surface area (Å²) in [5, 5.41) is 3.85. The highest BCUT2D eigenvalue weighted by molar-refractivity contribution is 7.09. The van der Waals surface area contributed by atoms with Crippen molar-refractivity contribution in [3.63, 3.8) is 0 Å². The van der Waals surface area contributed by atoms with Crippen LogP contribution in [0, 0.1) is 0 Å². The number of rotatable bonds is 3.